The minimum Gasteiger partial charge on any atom is -0.383 e. The van der Waals surface area contributed by atoms with E-state index < -0.39 is 11.2 Å². The molecule has 1 fully saturated rings. The Morgan fingerprint density at radius 2 is 2.06 bits per heavy atom. The summed E-state index contributed by atoms with van der Waals surface area (Å²) in [6.07, 6.45) is 9.80. The van der Waals surface area contributed by atoms with Crippen molar-refractivity contribution in [3.8, 4) is 11.5 Å². The van der Waals surface area contributed by atoms with Gasteiger partial charge in [-0.05, 0) is 31.9 Å². The maximum Gasteiger partial charge on any atom is 0.242 e. The third kappa shape index (κ3) is 2.55. The number of nitrogen functional groups attached to an aromatic ring is 1. The van der Waals surface area contributed by atoms with E-state index in [1.165, 1.54) is 18.6 Å². The molecular weight excluding hydrogens is 411 g/mol. The third-order valence-electron chi connectivity index (χ3n) is 6.48. The highest BCUT2D eigenvalue weighted by Gasteiger charge is 2.48. The van der Waals surface area contributed by atoms with Gasteiger partial charge in [-0.2, -0.15) is 0 Å². The van der Waals surface area contributed by atoms with Gasteiger partial charge in [-0.15, -0.1) is 0 Å². The van der Waals surface area contributed by atoms with Crippen LogP contribution in [0.25, 0.3) is 17.2 Å². The average molecular weight is 430 g/mol. The molecule has 5 heterocycles. The van der Waals surface area contributed by atoms with Crippen molar-refractivity contribution < 1.29 is 9.18 Å². The van der Waals surface area contributed by atoms with Crippen LogP contribution in [0.3, 0.4) is 0 Å². The summed E-state index contributed by atoms with van der Waals surface area (Å²) in [5.41, 5.74) is 8.21. The molecule has 160 valence electrons. The topological polar surface area (TPSA) is 124 Å². The van der Waals surface area contributed by atoms with Gasteiger partial charge in [-0.25, -0.2) is 24.3 Å². The van der Waals surface area contributed by atoms with E-state index in [9.17, 15) is 9.18 Å². The largest absolute Gasteiger partial charge is 0.383 e. The van der Waals surface area contributed by atoms with Crippen molar-refractivity contribution >= 4 is 23.2 Å². The Morgan fingerprint density at radius 1 is 1.22 bits per heavy atom. The van der Waals surface area contributed by atoms with E-state index in [1.54, 1.807) is 13.1 Å². The number of fused-ring (bicyclic) bond motifs is 2. The lowest BCUT2D eigenvalue weighted by molar-refractivity contribution is -0.119. The first-order chi connectivity index (χ1) is 15.4. The summed E-state index contributed by atoms with van der Waals surface area (Å²) >= 11 is 0. The van der Waals surface area contributed by atoms with Gasteiger partial charge in [0.25, 0.3) is 0 Å². The second kappa shape index (κ2) is 6.52. The van der Waals surface area contributed by atoms with Crippen LogP contribution in [0.4, 0.5) is 16.0 Å². The molecule has 0 saturated heterocycles. The van der Waals surface area contributed by atoms with Crippen LogP contribution in [0.1, 0.15) is 49.1 Å². The van der Waals surface area contributed by atoms with Crippen LogP contribution in [0, 0.1) is 5.82 Å². The maximum atomic E-state index is 13.4. The van der Waals surface area contributed by atoms with Crippen molar-refractivity contribution in [3.63, 3.8) is 0 Å². The fourth-order valence-corrected chi connectivity index (χ4v) is 4.46. The number of pyridine rings is 1. The number of carbonyl (C=O) groups excluding carboxylic acids is 1. The van der Waals surface area contributed by atoms with Crippen molar-refractivity contribution in [2.75, 3.05) is 11.1 Å². The number of aromatic nitrogens is 6. The molecule has 1 aliphatic heterocycles. The minimum atomic E-state index is -1.23. The summed E-state index contributed by atoms with van der Waals surface area (Å²) < 4.78 is 15.3. The first-order valence-corrected chi connectivity index (χ1v) is 10.4. The predicted octanol–water partition coefficient (Wildman–Crippen LogP) is 2.83. The van der Waals surface area contributed by atoms with Crippen LogP contribution in [0.15, 0.2) is 36.9 Å². The molecule has 1 amide bonds. The Balaban J connectivity index is 1.49. The van der Waals surface area contributed by atoms with Gasteiger partial charge in [0, 0.05) is 24.5 Å². The number of hydrogen-bond acceptors (Lipinski definition) is 7. The summed E-state index contributed by atoms with van der Waals surface area (Å²) in [6, 6.07) is 2.73. The number of nitrogens with zero attached hydrogens (tertiary/aromatic N) is 6. The first kappa shape index (κ1) is 18.8. The number of nitrogens with two attached hydrogens (primary N) is 1. The molecule has 6 rings (SSSR count). The molecule has 0 aromatic carbocycles. The zero-order valence-electron chi connectivity index (χ0n) is 17.2. The number of amides is 1. The highest BCUT2D eigenvalue weighted by Crippen LogP contribution is 2.44. The van der Waals surface area contributed by atoms with Crippen LogP contribution >= 0.6 is 0 Å². The molecule has 9 nitrogen and oxygen atoms in total. The third-order valence-corrected chi connectivity index (χ3v) is 6.48. The van der Waals surface area contributed by atoms with Gasteiger partial charge in [0.15, 0.2) is 11.5 Å². The quantitative estimate of drug-likeness (QED) is 0.512. The standard InChI is InChI=1S/C22H19FN8O/c1-22(14-6-5-12(23)9-26-14)15-17(24)28-18(29-19(15)30-21(22)32)13-10-31-8-7-25-20(31)16(27-13)11-3-2-4-11/h5-11H,2-4H2,1H3,(H3,24,28,29,30,32). The molecule has 4 aromatic rings. The SMILES string of the molecule is CC1(c2ccc(F)cn2)C(=O)Nc2nc(-c3cn4ccnc4c(C4CCC4)n3)nc(N)c21. The van der Waals surface area contributed by atoms with Gasteiger partial charge >= 0.3 is 0 Å². The molecule has 0 bridgehead atoms. The number of imidazole rings is 1. The summed E-state index contributed by atoms with van der Waals surface area (Å²) in [7, 11) is 0. The van der Waals surface area contributed by atoms with Gasteiger partial charge in [0.1, 0.15) is 28.6 Å². The van der Waals surface area contributed by atoms with Crippen molar-refractivity contribution in [1.29, 1.82) is 0 Å². The highest BCUT2D eigenvalue weighted by molar-refractivity contribution is 6.08. The number of hydrogen-bond donors (Lipinski definition) is 2. The zero-order chi connectivity index (χ0) is 22.0. The Kier molecular flexibility index (Phi) is 3.83. The Morgan fingerprint density at radius 3 is 2.78 bits per heavy atom. The smallest absolute Gasteiger partial charge is 0.242 e. The van der Waals surface area contributed by atoms with Gasteiger partial charge < -0.3 is 15.5 Å². The van der Waals surface area contributed by atoms with Crippen LogP contribution in [0.2, 0.25) is 0 Å². The van der Waals surface area contributed by atoms with Gasteiger partial charge in [-0.3, -0.25) is 9.78 Å². The van der Waals surface area contributed by atoms with E-state index >= 15 is 0 Å². The Labute approximate surface area is 182 Å². The van der Waals surface area contributed by atoms with Gasteiger partial charge in [0.05, 0.1) is 23.1 Å². The number of anilines is 2. The molecule has 0 radical (unpaired) electrons. The van der Waals surface area contributed by atoms with Crippen molar-refractivity contribution in [3.05, 3.63) is 59.7 Å². The lowest BCUT2D eigenvalue weighted by Crippen LogP contribution is -2.34. The van der Waals surface area contributed by atoms with Crippen molar-refractivity contribution in [1.82, 2.24) is 29.3 Å². The number of halogens is 1. The van der Waals surface area contributed by atoms with E-state index in [-0.39, 0.29) is 11.7 Å². The molecule has 1 saturated carbocycles. The van der Waals surface area contributed by atoms with Gasteiger partial charge in [0.2, 0.25) is 5.91 Å². The normalized spacial score (nSPS) is 20.2. The lowest BCUT2D eigenvalue weighted by Gasteiger charge is -2.25. The molecular formula is C22H19FN8O. The fourth-order valence-electron chi connectivity index (χ4n) is 4.46. The maximum absolute atomic E-state index is 13.4. The van der Waals surface area contributed by atoms with E-state index in [4.69, 9.17) is 10.7 Å². The van der Waals surface area contributed by atoms with Crippen LogP contribution in [-0.4, -0.2) is 35.2 Å². The van der Waals surface area contributed by atoms with E-state index in [1.807, 2.05) is 16.8 Å². The van der Waals surface area contributed by atoms with E-state index in [0.29, 0.717) is 34.5 Å². The molecule has 4 aromatic heterocycles. The number of nitrogens with one attached hydrogen (secondary N) is 1. The van der Waals surface area contributed by atoms with Crippen LogP contribution in [-0.2, 0) is 10.2 Å². The molecule has 1 aliphatic carbocycles. The number of carbonyl (C=O) groups is 1. The molecule has 3 N–H and O–H groups in total. The average Bonchev–Trinajstić information content (AvgIpc) is 3.30. The van der Waals surface area contributed by atoms with Gasteiger partial charge in [-0.1, -0.05) is 6.42 Å². The Bertz CT molecular complexity index is 1400. The summed E-state index contributed by atoms with van der Waals surface area (Å²) in [4.78, 5) is 35.4. The van der Waals surface area contributed by atoms with E-state index in [0.717, 1.165) is 30.4 Å². The molecule has 32 heavy (non-hydrogen) atoms. The highest BCUT2D eigenvalue weighted by atomic mass is 19.1. The number of rotatable bonds is 3. The summed E-state index contributed by atoms with van der Waals surface area (Å²) in [6.45, 7) is 1.68. The van der Waals surface area contributed by atoms with Crippen LogP contribution < -0.4 is 11.1 Å². The van der Waals surface area contributed by atoms with Crippen molar-refractivity contribution in [2.45, 2.75) is 37.5 Å². The minimum absolute atomic E-state index is 0.148. The summed E-state index contributed by atoms with van der Waals surface area (Å²) in [5.74, 6) is 0.295. The molecule has 10 heteroatoms. The van der Waals surface area contributed by atoms with E-state index in [2.05, 4.69) is 25.3 Å². The van der Waals surface area contributed by atoms with Crippen LogP contribution in [0.5, 0.6) is 0 Å². The molecule has 1 atom stereocenters. The second-order valence-corrected chi connectivity index (χ2v) is 8.39. The lowest BCUT2D eigenvalue weighted by atomic mass is 9.81. The predicted molar refractivity (Wildman–Crippen MR) is 114 cm³/mol. The molecule has 2 aliphatic rings. The molecule has 0 spiro atoms. The monoisotopic (exact) mass is 430 g/mol. The first-order valence-electron chi connectivity index (χ1n) is 10.4. The summed E-state index contributed by atoms with van der Waals surface area (Å²) in [5, 5.41) is 2.79. The molecule has 1 unspecified atom stereocenters. The zero-order valence-corrected chi connectivity index (χ0v) is 17.2. The Hall–Kier alpha value is -3.95. The van der Waals surface area contributed by atoms with Crippen molar-refractivity contribution in [2.24, 2.45) is 0 Å². The fraction of sp³-hybridized carbons (Fsp3) is 0.273. The second-order valence-electron chi connectivity index (χ2n) is 8.39.